The van der Waals surface area contributed by atoms with Crippen LogP contribution in [0.3, 0.4) is 0 Å². The second-order valence-electron chi connectivity index (χ2n) is 5.70. The molecule has 4 aromatic rings. The zero-order valence-corrected chi connectivity index (χ0v) is 13.8. The van der Waals surface area contributed by atoms with Crippen molar-refractivity contribution in [3.63, 3.8) is 0 Å². The summed E-state index contributed by atoms with van der Waals surface area (Å²) in [7, 11) is 0. The van der Waals surface area contributed by atoms with Crippen molar-refractivity contribution in [3.05, 3.63) is 72.5 Å². The second kappa shape index (κ2) is 6.28. The maximum absolute atomic E-state index is 10.1. The standard InChI is InChI=1S/C20H17N3O2/c1-2-14-8-10-16(11-9-14)23-19(15-6-4-3-5-7-15)21-22-20(23)18-17(24)12-13-25-18/h3-13,24H,2H2,1H3. The molecule has 0 aliphatic carbocycles. The molecule has 0 spiro atoms. The van der Waals surface area contributed by atoms with Crippen LogP contribution in [0.25, 0.3) is 28.7 Å². The largest absolute Gasteiger partial charge is 0.504 e. The summed E-state index contributed by atoms with van der Waals surface area (Å²) < 4.78 is 7.33. The van der Waals surface area contributed by atoms with Gasteiger partial charge in [-0.05, 0) is 24.1 Å². The fourth-order valence-electron chi connectivity index (χ4n) is 2.80. The number of aromatic nitrogens is 3. The summed E-state index contributed by atoms with van der Waals surface area (Å²) in [6.07, 6.45) is 2.41. The summed E-state index contributed by atoms with van der Waals surface area (Å²) >= 11 is 0. The highest BCUT2D eigenvalue weighted by Crippen LogP contribution is 2.33. The third kappa shape index (κ3) is 2.70. The number of aryl methyl sites for hydroxylation is 1. The van der Waals surface area contributed by atoms with Gasteiger partial charge >= 0.3 is 0 Å². The molecule has 0 radical (unpaired) electrons. The molecule has 5 nitrogen and oxygen atoms in total. The molecular weight excluding hydrogens is 314 g/mol. The number of hydrogen-bond acceptors (Lipinski definition) is 4. The van der Waals surface area contributed by atoms with Gasteiger partial charge in [0.15, 0.2) is 11.6 Å². The first-order valence-corrected chi connectivity index (χ1v) is 8.15. The van der Waals surface area contributed by atoms with Gasteiger partial charge < -0.3 is 9.52 Å². The molecule has 0 saturated carbocycles. The van der Waals surface area contributed by atoms with Gasteiger partial charge in [-0.3, -0.25) is 4.57 Å². The van der Waals surface area contributed by atoms with Gasteiger partial charge in [0.05, 0.1) is 6.26 Å². The van der Waals surface area contributed by atoms with E-state index >= 15 is 0 Å². The van der Waals surface area contributed by atoms with Crippen molar-refractivity contribution in [1.29, 1.82) is 0 Å². The summed E-state index contributed by atoms with van der Waals surface area (Å²) in [6.45, 7) is 2.12. The maximum Gasteiger partial charge on any atom is 0.213 e. The van der Waals surface area contributed by atoms with E-state index in [-0.39, 0.29) is 5.75 Å². The molecule has 4 rings (SSSR count). The third-order valence-electron chi connectivity index (χ3n) is 4.15. The lowest BCUT2D eigenvalue weighted by molar-refractivity contribution is 0.463. The van der Waals surface area contributed by atoms with E-state index in [9.17, 15) is 5.11 Å². The lowest BCUT2D eigenvalue weighted by atomic mass is 10.1. The number of aromatic hydroxyl groups is 1. The third-order valence-corrected chi connectivity index (χ3v) is 4.15. The van der Waals surface area contributed by atoms with Crippen molar-refractivity contribution in [1.82, 2.24) is 14.8 Å². The zero-order chi connectivity index (χ0) is 17.2. The molecule has 0 fully saturated rings. The predicted octanol–water partition coefficient (Wildman–Crippen LogP) is 4.46. The van der Waals surface area contributed by atoms with Crippen LogP contribution < -0.4 is 0 Å². The summed E-state index contributed by atoms with van der Waals surface area (Å²) in [6, 6.07) is 19.5. The molecule has 0 amide bonds. The molecule has 2 heterocycles. The van der Waals surface area contributed by atoms with Crippen LogP contribution in [0.1, 0.15) is 12.5 Å². The Balaban J connectivity index is 1.94. The van der Waals surface area contributed by atoms with Crippen molar-refractivity contribution in [3.8, 4) is 34.4 Å². The minimum absolute atomic E-state index is 0.0402. The average molecular weight is 331 g/mol. The molecule has 0 unspecified atom stereocenters. The van der Waals surface area contributed by atoms with Gasteiger partial charge in [-0.25, -0.2) is 0 Å². The Kier molecular flexibility index (Phi) is 3.82. The first kappa shape index (κ1) is 15.2. The number of hydrogen-bond donors (Lipinski definition) is 1. The van der Waals surface area contributed by atoms with Crippen LogP contribution in [0.5, 0.6) is 5.75 Å². The second-order valence-corrected chi connectivity index (χ2v) is 5.70. The minimum atomic E-state index is 0.0402. The Labute approximate surface area is 145 Å². The normalized spacial score (nSPS) is 10.9. The molecule has 0 aliphatic rings. The van der Waals surface area contributed by atoms with Gasteiger partial charge in [-0.2, -0.15) is 0 Å². The fraction of sp³-hybridized carbons (Fsp3) is 0.100. The van der Waals surface area contributed by atoms with Gasteiger partial charge in [0.2, 0.25) is 11.6 Å². The average Bonchev–Trinajstić information content (AvgIpc) is 3.28. The van der Waals surface area contributed by atoms with E-state index in [0.29, 0.717) is 17.4 Å². The number of nitrogens with zero attached hydrogens (tertiary/aromatic N) is 3. The fourth-order valence-corrected chi connectivity index (χ4v) is 2.80. The molecule has 124 valence electrons. The van der Waals surface area contributed by atoms with Crippen molar-refractivity contribution in [2.75, 3.05) is 0 Å². The molecule has 1 N–H and O–H groups in total. The van der Waals surface area contributed by atoms with Crippen LogP contribution >= 0.6 is 0 Å². The first-order valence-electron chi connectivity index (χ1n) is 8.15. The summed E-state index contributed by atoms with van der Waals surface area (Å²) in [5.74, 6) is 1.49. The predicted molar refractivity (Wildman–Crippen MR) is 95.5 cm³/mol. The van der Waals surface area contributed by atoms with Gasteiger partial charge in [-0.15, -0.1) is 10.2 Å². The van der Waals surface area contributed by atoms with Gasteiger partial charge in [-0.1, -0.05) is 49.4 Å². The Hall–Kier alpha value is -3.34. The van der Waals surface area contributed by atoms with Gasteiger partial charge in [0, 0.05) is 17.3 Å². The topological polar surface area (TPSA) is 64.1 Å². The Morgan fingerprint density at radius 3 is 2.28 bits per heavy atom. The van der Waals surface area contributed by atoms with Crippen molar-refractivity contribution in [2.24, 2.45) is 0 Å². The minimum Gasteiger partial charge on any atom is -0.504 e. The van der Waals surface area contributed by atoms with E-state index in [2.05, 4.69) is 29.3 Å². The number of furan rings is 1. The van der Waals surface area contributed by atoms with E-state index in [1.807, 2.05) is 47.0 Å². The quantitative estimate of drug-likeness (QED) is 0.599. The SMILES string of the molecule is CCc1ccc(-n2c(-c3ccccc3)nnc2-c2occc2O)cc1. The maximum atomic E-state index is 10.1. The highest BCUT2D eigenvalue weighted by Gasteiger charge is 2.21. The Bertz CT molecular complexity index is 985. The van der Waals surface area contributed by atoms with Crippen molar-refractivity contribution in [2.45, 2.75) is 13.3 Å². The smallest absolute Gasteiger partial charge is 0.213 e. The molecule has 0 aliphatic heterocycles. The van der Waals surface area contributed by atoms with E-state index < -0.39 is 0 Å². The van der Waals surface area contributed by atoms with E-state index in [0.717, 1.165) is 17.7 Å². The van der Waals surface area contributed by atoms with Crippen LogP contribution in [-0.2, 0) is 6.42 Å². The number of benzene rings is 2. The summed E-state index contributed by atoms with van der Waals surface area (Å²) in [4.78, 5) is 0. The van der Waals surface area contributed by atoms with Crippen LogP contribution in [0.2, 0.25) is 0 Å². The lowest BCUT2D eigenvalue weighted by Gasteiger charge is -2.10. The summed E-state index contributed by atoms with van der Waals surface area (Å²) in [5, 5.41) is 18.7. The van der Waals surface area contributed by atoms with E-state index in [1.54, 1.807) is 0 Å². The Morgan fingerprint density at radius 1 is 0.920 bits per heavy atom. The summed E-state index contributed by atoms with van der Waals surface area (Å²) in [5.41, 5.74) is 3.10. The highest BCUT2D eigenvalue weighted by molar-refractivity contribution is 5.66. The van der Waals surface area contributed by atoms with Crippen molar-refractivity contribution >= 4 is 0 Å². The van der Waals surface area contributed by atoms with Crippen LogP contribution in [0, 0.1) is 0 Å². The molecule has 2 aromatic heterocycles. The Morgan fingerprint density at radius 2 is 1.64 bits per heavy atom. The van der Waals surface area contributed by atoms with E-state index in [1.165, 1.54) is 17.9 Å². The van der Waals surface area contributed by atoms with Crippen LogP contribution in [-0.4, -0.2) is 19.9 Å². The van der Waals surface area contributed by atoms with Gasteiger partial charge in [0.25, 0.3) is 0 Å². The molecule has 25 heavy (non-hydrogen) atoms. The molecule has 0 bridgehead atoms. The van der Waals surface area contributed by atoms with Crippen LogP contribution in [0.15, 0.2) is 71.3 Å². The number of rotatable bonds is 4. The molecule has 5 heteroatoms. The highest BCUT2D eigenvalue weighted by atomic mass is 16.4. The van der Waals surface area contributed by atoms with E-state index in [4.69, 9.17) is 4.42 Å². The molecular formula is C20H17N3O2. The first-order chi connectivity index (χ1) is 12.3. The lowest BCUT2D eigenvalue weighted by Crippen LogP contribution is -2.00. The molecule has 0 atom stereocenters. The van der Waals surface area contributed by atoms with Crippen molar-refractivity contribution < 1.29 is 9.52 Å². The molecule has 2 aromatic carbocycles. The van der Waals surface area contributed by atoms with Crippen LogP contribution in [0.4, 0.5) is 0 Å². The van der Waals surface area contributed by atoms with Gasteiger partial charge in [0.1, 0.15) is 0 Å². The zero-order valence-electron chi connectivity index (χ0n) is 13.8. The molecule has 0 saturated heterocycles. The monoisotopic (exact) mass is 331 g/mol.